The van der Waals surface area contributed by atoms with Gasteiger partial charge < -0.3 is 9.64 Å². The van der Waals surface area contributed by atoms with Crippen LogP contribution in [-0.2, 0) is 9.53 Å². The van der Waals surface area contributed by atoms with E-state index in [1.165, 1.54) is 37.1 Å². The average Bonchev–Trinajstić information content (AvgIpc) is 3.29. The Morgan fingerprint density at radius 1 is 1.03 bits per heavy atom. The minimum atomic E-state index is 0.0323. The fourth-order valence-corrected chi connectivity index (χ4v) is 5.03. The zero-order valence-electron chi connectivity index (χ0n) is 17.9. The molecular formula is C25H36N2O2. The minimum absolute atomic E-state index is 0.0323. The summed E-state index contributed by atoms with van der Waals surface area (Å²) in [6, 6.07) is 8.86. The first-order chi connectivity index (χ1) is 14.2. The lowest BCUT2D eigenvalue weighted by Gasteiger charge is -2.37. The Balaban J connectivity index is 1.12. The number of allylic oxidation sites excluding steroid dienone is 2. The normalized spacial score (nSPS) is 26.0. The second kappa shape index (κ2) is 9.80. The van der Waals surface area contributed by atoms with Crippen molar-refractivity contribution >= 4 is 11.7 Å². The van der Waals surface area contributed by atoms with Crippen molar-refractivity contribution in [1.29, 1.82) is 0 Å². The average molecular weight is 397 g/mol. The molecule has 0 amide bonds. The highest BCUT2D eigenvalue weighted by Crippen LogP contribution is 2.30. The number of hydrogen-bond acceptors (Lipinski definition) is 4. The lowest BCUT2D eigenvalue weighted by atomic mass is 9.85. The van der Waals surface area contributed by atoms with Gasteiger partial charge in [-0.3, -0.25) is 9.69 Å². The van der Waals surface area contributed by atoms with Gasteiger partial charge in [0.25, 0.3) is 0 Å². The van der Waals surface area contributed by atoms with Gasteiger partial charge >= 0.3 is 5.97 Å². The summed E-state index contributed by atoms with van der Waals surface area (Å²) in [4.78, 5) is 17.3. The van der Waals surface area contributed by atoms with Gasteiger partial charge in [0, 0.05) is 31.9 Å². The van der Waals surface area contributed by atoms with Gasteiger partial charge in [-0.05, 0) is 82.0 Å². The molecule has 158 valence electrons. The van der Waals surface area contributed by atoms with Gasteiger partial charge in [0.2, 0.25) is 0 Å². The Morgan fingerprint density at radius 2 is 1.76 bits per heavy atom. The van der Waals surface area contributed by atoms with Crippen LogP contribution in [0.3, 0.4) is 0 Å². The zero-order valence-corrected chi connectivity index (χ0v) is 17.9. The summed E-state index contributed by atoms with van der Waals surface area (Å²) in [7, 11) is 0. The first-order valence-electron chi connectivity index (χ1n) is 11.6. The van der Waals surface area contributed by atoms with E-state index in [1.807, 2.05) is 0 Å². The molecule has 3 aliphatic rings. The van der Waals surface area contributed by atoms with Crippen LogP contribution in [0.1, 0.15) is 50.5 Å². The monoisotopic (exact) mass is 396 g/mol. The van der Waals surface area contributed by atoms with E-state index in [9.17, 15) is 4.79 Å². The maximum absolute atomic E-state index is 12.2. The quantitative estimate of drug-likeness (QED) is 0.521. The van der Waals surface area contributed by atoms with Gasteiger partial charge in [-0.2, -0.15) is 0 Å². The van der Waals surface area contributed by atoms with Crippen LogP contribution in [0.15, 0.2) is 36.4 Å². The molecule has 1 saturated heterocycles. The summed E-state index contributed by atoms with van der Waals surface area (Å²) in [6.07, 6.45) is 11.9. The third kappa shape index (κ3) is 5.63. The van der Waals surface area contributed by atoms with Crippen LogP contribution < -0.4 is 4.90 Å². The third-order valence-electron chi connectivity index (χ3n) is 7.01. The maximum Gasteiger partial charge on any atom is 0.309 e. The van der Waals surface area contributed by atoms with Crippen molar-refractivity contribution in [1.82, 2.24) is 4.90 Å². The summed E-state index contributed by atoms with van der Waals surface area (Å²) in [6.45, 7) is 7.96. The number of carbonyl (C=O) groups excluding carboxylic acids is 1. The van der Waals surface area contributed by atoms with Gasteiger partial charge in [-0.15, -0.1) is 0 Å². The number of nitrogens with zero attached hydrogens (tertiary/aromatic N) is 2. The third-order valence-corrected chi connectivity index (χ3v) is 7.01. The van der Waals surface area contributed by atoms with E-state index in [-0.39, 0.29) is 18.0 Å². The Labute approximate surface area is 175 Å². The molecule has 1 aromatic carbocycles. The molecule has 1 aromatic rings. The summed E-state index contributed by atoms with van der Waals surface area (Å²) >= 11 is 0. The van der Waals surface area contributed by atoms with E-state index in [4.69, 9.17) is 4.74 Å². The molecule has 1 saturated carbocycles. The van der Waals surface area contributed by atoms with Gasteiger partial charge in [-0.25, -0.2) is 0 Å². The molecule has 1 heterocycles. The fraction of sp³-hybridized carbons (Fsp3) is 0.640. The van der Waals surface area contributed by atoms with Crippen LogP contribution in [0, 0.1) is 18.8 Å². The minimum Gasteiger partial charge on any atom is -0.462 e. The van der Waals surface area contributed by atoms with Crippen molar-refractivity contribution in [3.8, 4) is 0 Å². The van der Waals surface area contributed by atoms with E-state index in [0.717, 1.165) is 57.8 Å². The highest BCUT2D eigenvalue weighted by molar-refractivity contribution is 5.73. The Morgan fingerprint density at radius 3 is 2.45 bits per heavy atom. The number of carbonyl (C=O) groups is 1. The lowest BCUT2D eigenvalue weighted by Crippen LogP contribution is -2.47. The molecule has 4 nitrogen and oxygen atoms in total. The predicted molar refractivity (Wildman–Crippen MR) is 118 cm³/mol. The largest absolute Gasteiger partial charge is 0.462 e. The predicted octanol–water partition coefficient (Wildman–Crippen LogP) is 4.58. The van der Waals surface area contributed by atoms with Gasteiger partial charge in [0.05, 0.1) is 5.92 Å². The number of ether oxygens (including phenoxy) is 1. The molecule has 0 aromatic heterocycles. The highest BCUT2D eigenvalue weighted by Gasteiger charge is 2.28. The van der Waals surface area contributed by atoms with Crippen molar-refractivity contribution < 1.29 is 9.53 Å². The molecule has 2 aliphatic carbocycles. The van der Waals surface area contributed by atoms with E-state index in [2.05, 4.69) is 53.1 Å². The molecule has 1 aliphatic heterocycles. The van der Waals surface area contributed by atoms with Crippen molar-refractivity contribution in [2.75, 3.05) is 37.6 Å². The Bertz CT molecular complexity index is 693. The van der Waals surface area contributed by atoms with Crippen molar-refractivity contribution in [3.05, 3.63) is 42.0 Å². The van der Waals surface area contributed by atoms with E-state index >= 15 is 0 Å². The molecule has 4 rings (SSSR count). The number of esters is 1. The molecule has 0 spiro atoms. The van der Waals surface area contributed by atoms with Gasteiger partial charge in [0.1, 0.15) is 6.10 Å². The van der Waals surface area contributed by atoms with E-state index < -0.39 is 0 Å². The molecule has 2 fully saturated rings. The first-order valence-corrected chi connectivity index (χ1v) is 11.6. The van der Waals surface area contributed by atoms with Crippen LogP contribution >= 0.6 is 0 Å². The Hall–Kier alpha value is -1.81. The smallest absolute Gasteiger partial charge is 0.309 e. The molecule has 0 N–H and O–H groups in total. The number of benzene rings is 1. The topological polar surface area (TPSA) is 32.8 Å². The van der Waals surface area contributed by atoms with Crippen molar-refractivity contribution in [3.63, 3.8) is 0 Å². The van der Waals surface area contributed by atoms with Crippen molar-refractivity contribution in [2.45, 2.75) is 58.0 Å². The van der Waals surface area contributed by atoms with Crippen LogP contribution in [0.25, 0.3) is 0 Å². The van der Waals surface area contributed by atoms with Crippen molar-refractivity contribution in [2.24, 2.45) is 11.8 Å². The summed E-state index contributed by atoms with van der Waals surface area (Å²) in [5.74, 6) is 0.920. The molecular weight excluding hydrogens is 360 g/mol. The SMILES string of the molecule is Cc1cccc(N2CCN(CCC3CCC(OC(=O)C4CC=CC4)CC3)CC2)c1. The number of rotatable bonds is 6. The van der Waals surface area contributed by atoms with Crippen LogP contribution in [0.5, 0.6) is 0 Å². The second-order valence-corrected chi connectivity index (χ2v) is 9.18. The molecule has 0 unspecified atom stereocenters. The number of anilines is 1. The number of hydrogen-bond donors (Lipinski definition) is 0. The lowest BCUT2D eigenvalue weighted by molar-refractivity contribution is -0.155. The van der Waals surface area contributed by atoms with E-state index in [0.29, 0.717) is 0 Å². The molecule has 0 atom stereocenters. The number of piperazine rings is 1. The standard InChI is InChI=1S/C25H36N2O2/c1-20-5-4-8-23(19-20)27-17-15-26(16-18-27)14-13-21-9-11-24(12-10-21)29-25(28)22-6-2-3-7-22/h2-5,8,19,21-22,24H,6-7,9-18H2,1H3. The number of aryl methyl sites for hydroxylation is 1. The van der Waals surface area contributed by atoms with Crippen LogP contribution in [0.4, 0.5) is 5.69 Å². The molecule has 4 heteroatoms. The summed E-state index contributed by atoms with van der Waals surface area (Å²) in [5.41, 5.74) is 2.71. The summed E-state index contributed by atoms with van der Waals surface area (Å²) < 4.78 is 5.79. The van der Waals surface area contributed by atoms with Gasteiger partial charge in [0.15, 0.2) is 0 Å². The van der Waals surface area contributed by atoms with Crippen LogP contribution in [0.2, 0.25) is 0 Å². The van der Waals surface area contributed by atoms with Crippen LogP contribution in [-0.4, -0.2) is 49.7 Å². The second-order valence-electron chi connectivity index (χ2n) is 9.18. The van der Waals surface area contributed by atoms with E-state index in [1.54, 1.807) is 0 Å². The molecule has 0 bridgehead atoms. The zero-order chi connectivity index (χ0) is 20.1. The highest BCUT2D eigenvalue weighted by atomic mass is 16.5. The fourth-order valence-electron chi connectivity index (χ4n) is 5.03. The maximum atomic E-state index is 12.2. The first kappa shape index (κ1) is 20.5. The summed E-state index contributed by atoms with van der Waals surface area (Å²) in [5, 5.41) is 0. The van der Waals surface area contributed by atoms with Gasteiger partial charge in [-0.1, -0.05) is 24.3 Å². The Kier molecular flexibility index (Phi) is 6.91. The molecule has 29 heavy (non-hydrogen) atoms. The molecule has 0 radical (unpaired) electrons.